The Morgan fingerprint density at radius 1 is 1.27 bits per heavy atom. The maximum absolute atomic E-state index is 13.1. The number of rotatable bonds is 5. The van der Waals surface area contributed by atoms with E-state index in [-0.39, 0.29) is 11.5 Å². The Kier molecular flexibility index (Phi) is 5.19. The lowest BCUT2D eigenvalue weighted by Gasteiger charge is -2.14. The van der Waals surface area contributed by atoms with Crippen LogP contribution in [0.25, 0.3) is 0 Å². The number of hydrogen-bond donors (Lipinski definition) is 2. The Hall–Kier alpha value is -2.76. The van der Waals surface area contributed by atoms with Gasteiger partial charge in [-0.05, 0) is 36.8 Å². The highest BCUT2D eigenvalue weighted by Gasteiger charge is 2.16. The van der Waals surface area contributed by atoms with Crippen LogP contribution in [0.2, 0.25) is 0 Å². The first kappa shape index (κ1) is 15.6. The zero-order valence-electron chi connectivity index (χ0n) is 12.0. The Morgan fingerprint density at radius 3 is 2.77 bits per heavy atom. The quantitative estimate of drug-likeness (QED) is 0.882. The molecule has 114 valence electrons. The Labute approximate surface area is 127 Å². The van der Waals surface area contributed by atoms with E-state index >= 15 is 0 Å². The Balaban J connectivity index is 1.87. The summed E-state index contributed by atoms with van der Waals surface area (Å²) in [6.45, 7) is 1.89. The van der Waals surface area contributed by atoms with Gasteiger partial charge in [-0.25, -0.2) is 4.39 Å². The second-order valence-corrected chi connectivity index (χ2v) is 4.78. The Morgan fingerprint density at radius 2 is 2.09 bits per heavy atom. The highest BCUT2D eigenvalue weighted by Crippen LogP contribution is 2.03. The molecule has 0 bridgehead atoms. The first-order chi connectivity index (χ1) is 10.6. The van der Waals surface area contributed by atoms with Gasteiger partial charge in [0.15, 0.2) is 0 Å². The minimum atomic E-state index is -0.729. The van der Waals surface area contributed by atoms with Gasteiger partial charge in [-0.1, -0.05) is 12.1 Å². The van der Waals surface area contributed by atoms with Gasteiger partial charge in [0.2, 0.25) is 5.91 Å². The van der Waals surface area contributed by atoms with Crippen LogP contribution in [0.4, 0.5) is 4.39 Å². The van der Waals surface area contributed by atoms with Gasteiger partial charge in [-0.3, -0.25) is 14.6 Å². The molecule has 0 saturated carbocycles. The van der Waals surface area contributed by atoms with Gasteiger partial charge in [-0.2, -0.15) is 0 Å². The third-order valence-electron chi connectivity index (χ3n) is 3.02. The molecule has 1 aromatic heterocycles. The summed E-state index contributed by atoms with van der Waals surface area (Å²) in [5.74, 6) is -1.32. The van der Waals surface area contributed by atoms with Crippen molar-refractivity contribution >= 4 is 11.8 Å². The molecule has 0 spiro atoms. The average molecular weight is 301 g/mol. The number of nitrogens with one attached hydrogen (secondary N) is 2. The van der Waals surface area contributed by atoms with Crippen LogP contribution >= 0.6 is 0 Å². The molecule has 0 fully saturated rings. The standard InChI is InChI=1S/C16H16FN3O2/c1-11(15(21)19-10-12-4-3-7-18-9-12)20-16(22)13-5-2-6-14(17)8-13/h2-9,11H,10H2,1H3,(H,19,21)(H,20,22)/t11-/m1/s1. The molecule has 2 N–H and O–H groups in total. The van der Waals surface area contributed by atoms with Gasteiger partial charge < -0.3 is 10.6 Å². The van der Waals surface area contributed by atoms with E-state index in [0.29, 0.717) is 6.54 Å². The maximum Gasteiger partial charge on any atom is 0.252 e. The van der Waals surface area contributed by atoms with E-state index in [0.717, 1.165) is 11.6 Å². The number of carbonyl (C=O) groups is 2. The molecule has 0 aliphatic heterocycles. The molecular weight excluding hydrogens is 285 g/mol. The molecule has 22 heavy (non-hydrogen) atoms. The SMILES string of the molecule is C[C@@H](NC(=O)c1cccc(F)c1)C(=O)NCc1cccnc1. The van der Waals surface area contributed by atoms with E-state index in [2.05, 4.69) is 15.6 Å². The second kappa shape index (κ2) is 7.31. The topological polar surface area (TPSA) is 71.1 Å². The van der Waals surface area contributed by atoms with E-state index in [1.807, 2.05) is 6.07 Å². The average Bonchev–Trinajstić information content (AvgIpc) is 2.53. The molecule has 0 aliphatic rings. The summed E-state index contributed by atoms with van der Waals surface area (Å²) in [5.41, 5.74) is 1.03. The van der Waals surface area contributed by atoms with Gasteiger partial charge in [0, 0.05) is 24.5 Å². The van der Waals surface area contributed by atoms with E-state index in [4.69, 9.17) is 0 Å². The summed E-state index contributed by atoms with van der Waals surface area (Å²) in [6.07, 6.45) is 3.30. The number of pyridine rings is 1. The zero-order valence-corrected chi connectivity index (χ0v) is 12.0. The first-order valence-corrected chi connectivity index (χ1v) is 6.79. The van der Waals surface area contributed by atoms with Crippen LogP contribution < -0.4 is 10.6 Å². The van der Waals surface area contributed by atoms with Gasteiger partial charge >= 0.3 is 0 Å². The smallest absolute Gasteiger partial charge is 0.252 e. The molecule has 0 unspecified atom stereocenters. The number of hydrogen-bond acceptors (Lipinski definition) is 3. The predicted molar refractivity (Wildman–Crippen MR) is 79.4 cm³/mol. The Bertz CT molecular complexity index is 661. The minimum absolute atomic E-state index is 0.173. The molecule has 0 radical (unpaired) electrons. The van der Waals surface area contributed by atoms with Gasteiger partial charge in [-0.15, -0.1) is 0 Å². The van der Waals surface area contributed by atoms with Crippen LogP contribution in [-0.2, 0) is 11.3 Å². The summed E-state index contributed by atoms with van der Waals surface area (Å²) in [5, 5.41) is 5.23. The minimum Gasteiger partial charge on any atom is -0.350 e. The highest BCUT2D eigenvalue weighted by atomic mass is 19.1. The van der Waals surface area contributed by atoms with Crippen LogP contribution in [0.1, 0.15) is 22.8 Å². The van der Waals surface area contributed by atoms with Crippen molar-refractivity contribution in [2.24, 2.45) is 0 Å². The highest BCUT2D eigenvalue weighted by molar-refractivity contribution is 5.97. The fourth-order valence-corrected chi connectivity index (χ4v) is 1.82. The molecule has 2 amide bonds. The van der Waals surface area contributed by atoms with E-state index < -0.39 is 17.8 Å². The summed E-state index contributed by atoms with van der Waals surface area (Å²) in [6, 6.07) is 8.18. The molecule has 5 nitrogen and oxygen atoms in total. The summed E-state index contributed by atoms with van der Waals surface area (Å²) in [4.78, 5) is 27.8. The van der Waals surface area contributed by atoms with Crippen LogP contribution in [0.5, 0.6) is 0 Å². The summed E-state index contributed by atoms with van der Waals surface area (Å²) >= 11 is 0. The third kappa shape index (κ3) is 4.37. The molecule has 2 aromatic rings. The van der Waals surface area contributed by atoms with E-state index in [9.17, 15) is 14.0 Å². The van der Waals surface area contributed by atoms with Crippen molar-refractivity contribution in [1.82, 2.24) is 15.6 Å². The van der Waals surface area contributed by atoms with Crippen LogP contribution in [0.15, 0.2) is 48.8 Å². The molecule has 0 saturated heterocycles. The van der Waals surface area contributed by atoms with Crippen LogP contribution in [0, 0.1) is 5.82 Å². The first-order valence-electron chi connectivity index (χ1n) is 6.79. The monoisotopic (exact) mass is 301 g/mol. The number of amides is 2. The van der Waals surface area contributed by atoms with Crippen LogP contribution in [0.3, 0.4) is 0 Å². The molecule has 6 heteroatoms. The third-order valence-corrected chi connectivity index (χ3v) is 3.02. The summed E-state index contributed by atoms with van der Waals surface area (Å²) < 4.78 is 13.1. The van der Waals surface area contributed by atoms with E-state index in [1.54, 1.807) is 25.4 Å². The fraction of sp³-hybridized carbons (Fsp3) is 0.188. The predicted octanol–water partition coefficient (Wildman–Crippen LogP) is 1.66. The maximum atomic E-state index is 13.1. The van der Waals surface area contributed by atoms with Crippen LogP contribution in [-0.4, -0.2) is 22.8 Å². The van der Waals surface area contributed by atoms with Crippen molar-refractivity contribution in [3.8, 4) is 0 Å². The molecular formula is C16H16FN3O2. The number of aromatic nitrogens is 1. The molecule has 0 aliphatic carbocycles. The van der Waals surface area contributed by atoms with Crippen molar-refractivity contribution in [3.63, 3.8) is 0 Å². The van der Waals surface area contributed by atoms with Crippen molar-refractivity contribution in [2.45, 2.75) is 19.5 Å². The zero-order chi connectivity index (χ0) is 15.9. The largest absolute Gasteiger partial charge is 0.350 e. The lowest BCUT2D eigenvalue weighted by Crippen LogP contribution is -2.44. The molecule has 1 atom stereocenters. The lowest BCUT2D eigenvalue weighted by molar-refractivity contribution is -0.122. The lowest BCUT2D eigenvalue weighted by atomic mass is 10.2. The number of halogens is 1. The van der Waals surface area contributed by atoms with Crippen molar-refractivity contribution in [1.29, 1.82) is 0 Å². The van der Waals surface area contributed by atoms with Gasteiger partial charge in [0.1, 0.15) is 11.9 Å². The van der Waals surface area contributed by atoms with Gasteiger partial charge in [0.05, 0.1) is 0 Å². The number of nitrogens with zero attached hydrogens (tertiary/aromatic N) is 1. The summed E-state index contributed by atoms with van der Waals surface area (Å²) in [7, 11) is 0. The number of benzene rings is 1. The molecule has 1 aromatic carbocycles. The van der Waals surface area contributed by atoms with E-state index in [1.165, 1.54) is 18.2 Å². The van der Waals surface area contributed by atoms with Gasteiger partial charge in [0.25, 0.3) is 5.91 Å². The fourth-order valence-electron chi connectivity index (χ4n) is 1.82. The van der Waals surface area contributed by atoms with Crippen molar-refractivity contribution in [2.75, 3.05) is 0 Å². The van der Waals surface area contributed by atoms with Crippen molar-refractivity contribution < 1.29 is 14.0 Å². The molecule has 2 rings (SSSR count). The van der Waals surface area contributed by atoms with Crippen molar-refractivity contribution in [3.05, 3.63) is 65.7 Å². The second-order valence-electron chi connectivity index (χ2n) is 4.78. The molecule has 1 heterocycles. The number of carbonyl (C=O) groups excluding carboxylic acids is 2. The normalized spacial score (nSPS) is 11.5.